The molecule has 0 N–H and O–H groups in total. The van der Waals surface area contributed by atoms with Gasteiger partial charge in [0.1, 0.15) is 0 Å². The van der Waals surface area contributed by atoms with Gasteiger partial charge in [-0.25, -0.2) is 13.4 Å². The molecule has 1 aliphatic heterocycles. The highest BCUT2D eigenvalue weighted by molar-refractivity contribution is 7.89. The first-order valence-corrected chi connectivity index (χ1v) is 10.7. The Labute approximate surface area is 169 Å². The molecule has 0 radical (unpaired) electrons. The molecule has 2 heterocycles. The second-order valence-electron chi connectivity index (χ2n) is 6.66. The van der Waals surface area contributed by atoms with Crippen LogP contribution >= 0.6 is 0 Å². The highest BCUT2D eigenvalue weighted by Gasteiger charge is 2.29. The first kappa shape index (κ1) is 19.2. The van der Waals surface area contributed by atoms with Crippen molar-refractivity contribution in [2.45, 2.75) is 4.90 Å². The second kappa shape index (κ2) is 8.10. The number of hydrogen-bond acceptors (Lipinski definition) is 5. The number of benzene rings is 2. The van der Waals surface area contributed by atoms with E-state index >= 15 is 0 Å². The maximum absolute atomic E-state index is 12.7. The van der Waals surface area contributed by atoms with Crippen molar-refractivity contribution >= 4 is 33.0 Å². The smallest absolute Gasteiger partial charge is 0.246 e. The summed E-state index contributed by atoms with van der Waals surface area (Å²) in [5.74, 6) is -0.170. The van der Waals surface area contributed by atoms with Crippen LogP contribution in [0.15, 0.2) is 71.8 Å². The molecule has 2 aromatic carbocycles. The molecule has 3 aromatic rings. The van der Waals surface area contributed by atoms with Gasteiger partial charge in [0.2, 0.25) is 15.9 Å². The Balaban J connectivity index is 1.39. The van der Waals surface area contributed by atoms with Crippen LogP contribution in [0.4, 0.5) is 0 Å². The molecular weight excluding hydrogens is 388 g/mol. The fourth-order valence-electron chi connectivity index (χ4n) is 3.20. The molecular formula is C21H20N4O3S. The van der Waals surface area contributed by atoms with Gasteiger partial charge in [0.15, 0.2) is 0 Å². The van der Waals surface area contributed by atoms with Gasteiger partial charge in [-0.05, 0) is 30.3 Å². The number of amides is 1. The van der Waals surface area contributed by atoms with E-state index in [1.165, 1.54) is 10.4 Å². The molecule has 29 heavy (non-hydrogen) atoms. The summed E-state index contributed by atoms with van der Waals surface area (Å²) in [5.41, 5.74) is 2.16. The highest BCUT2D eigenvalue weighted by Crippen LogP contribution is 2.17. The number of piperazine rings is 1. The third-order valence-corrected chi connectivity index (χ3v) is 6.71. The normalized spacial score (nSPS) is 15.8. The van der Waals surface area contributed by atoms with Crippen LogP contribution in [0.3, 0.4) is 0 Å². The minimum absolute atomic E-state index is 0.170. The van der Waals surface area contributed by atoms with E-state index in [1.54, 1.807) is 47.5 Å². The Hall–Kier alpha value is -3.10. The van der Waals surface area contributed by atoms with Gasteiger partial charge in [0, 0.05) is 32.3 Å². The maximum Gasteiger partial charge on any atom is 0.246 e. The minimum atomic E-state index is -3.53. The number of nitrogens with zero attached hydrogens (tertiary/aromatic N) is 4. The third-order valence-electron chi connectivity index (χ3n) is 4.80. The summed E-state index contributed by atoms with van der Waals surface area (Å²) < 4.78 is 26.8. The van der Waals surface area contributed by atoms with Crippen molar-refractivity contribution in [3.8, 4) is 0 Å². The summed E-state index contributed by atoms with van der Waals surface area (Å²) in [5, 5.41) is 0. The van der Waals surface area contributed by atoms with E-state index < -0.39 is 10.0 Å². The van der Waals surface area contributed by atoms with E-state index in [2.05, 4.69) is 9.97 Å². The standard InChI is InChI=1S/C21H20N4O3S/c26-21(11-10-17-16-22-19-8-4-5-9-20(19)23-17)24-12-14-25(15-13-24)29(27,28)18-6-2-1-3-7-18/h1-11,16H,12-15H2. The number of aromatic nitrogens is 2. The van der Waals surface area contributed by atoms with Crippen molar-refractivity contribution in [1.29, 1.82) is 0 Å². The van der Waals surface area contributed by atoms with E-state index in [-0.39, 0.29) is 23.9 Å². The Bertz CT molecular complexity index is 1150. The van der Waals surface area contributed by atoms with Crippen molar-refractivity contribution in [2.24, 2.45) is 0 Å². The predicted molar refractivity (Wildman–Crippen MR) is 110 cm³/mol. The summed E-state index contributed by atoms with van der Waals surface area (Å²) in [6, 6.07) is 15.9. The van der Waals surface area contributed by atoms with E-state index in [1.807, 2.05) is 24.3 Å². The molecule has 1 fully saturated rings. The molecule has 0 spiro atoms. The number of carbonyl (C=O) groups is 1. The van der Waals surface area contributed by atoms with Crippen molar-refractivity contribution < 1.29 is 13.2 Å². The first-order valence-electron chi connectivity index (χ1n) is 9.28. The van der Waals surface area contributed by atoms with Crippen LogP contribution in [0.1, 0.15) is 5.69 Å². The van der Waals surface area contributed by atoms with Gasteiger partial charge in [-0.1, -0.05) is 30.3 Å². The molecule has 1 aliphatic rings. The molecule has 1 aromatic heterocycles. The third kappa shape index (κ3) is 4.18. The van der Waals surface area contributed by atoms with Crippen LogP contribution in [0.5, 0.6) is 0 Å². The minimum Gasteiger partial charge on any atom is -0.337 e. The summed E-state index contributed by atoms with van der Waals surface area (Å²) in [7, 11) is -3.53. The number of rotatable bonds is 4. The van der Waals surface area contributed by atoms with Crippen LogP contribution in [-0.2, 0) is 14.8 Å². The fraction of sp³-hybridized carbons (Fsp3) is 0.190. The van der Waals surface area contributed by atoms with Crippen molar-refractivity contribution in [3.63, 3.8) is 0 Å². The quantitative estimate of drug-likeness (QED) is 0.618. The number of carbonyl (C=O) groups excluding carboxylic acids is 1. The van der Waals surface area contributed by atoms with E-state index in [9.17, 15) is 13.2 Å². The average Bonchev–Trinajstić information content (AvgIpc) is 2.78. The van der Waals surface area contributed by atoms with Crippen LogP contribution in [-0.4, -0.2) is 59.7 Å². The van der Waals surface area contributed by atoms with Crippen LogP contribution in [0.2, 0.25) is 0 Å². The molecule has 1 amide bonds. The molecule has 0 atom stereocenters. The predicted octanol–water partition coefficient (Wildman–Crippen LogP) is 2.18. The van der Waals surface area contributed by atoms with E-state index in [0.717, 1.165) is 11.0 Å². The lowest BCUT2D eigenvalue weighted by atomic mass is 10.3. The lowest BCUT2D eigenvalue weighted by Gasteiger charge is -2.33. The molecule has 0 aliphatic carbocycles. The van der Waals surface area contributed by atoms with Gasteiger partial charge in [-0.3, -0.25) is 9.78 Å². The van der Waals surface area contributed by atoms with Gasteiger partial charge in [-0.15, -0.1) is 0 Å². The van der Waals surface area contributed by atoms with Crippen LogP contribution < -0.4 is 0 Å². The Kier molecular flexibility index (Phi) is 5.37. The lowest BCUT2D eigenvalue weighted by molar-refractivity contribution is -0.127. The lowest BCUT2D eigenvalue weighted by Crippen LogP contribution is -2.50. The van der Waals surface area contributed by atoms with Gasteiger partial charge in [0.05, 0.1) is 27.8 Å². The molecule has 0 saturated carbocycles. The first-order chi connectivity index (χ1) is 14.0. The zero-order valence-corrected chi connectivity index (χ0v) is 16.5. The molecule has 7 nitrogen and oxygen atoms in total. The van der Waals surface area contributed by atoms with Crippen molar-refractivity contribution in [1.82, 2.24) is 19.2 Å². The maximum atomic E-state index is 12.7. The monoisotopic (exact) mass is 408 g/mol. The summed E-state index contributed by atoms with van der Waals surface area (Å²) in [6.45, 7) is 1.23. The fourth-order valence-corrected chi connectivity index (χ4v) is 4.65. The molecule has 8 heteroatoms. The molecule has 4 rings (SSSR count). The second-order valence-corrected chi connectivity index (χ2v) is 8.60. The van der Waals surface area contributed by atoms with Crippen molar-refractivity contribution in [2.75, 3.05) is 26.2 Å². The van der Waals surface area contributed by atoms with Gasteiger partial charge in [-0.2, -0.15) is 4.31 Å². The Morgan fingerprint density at radius 3 is 2.28 bits per heavy atom. The average molecular weight is 408 g/mol. The molecule has 1 saturated heterocycles. The number of hydrogen-bond donors (Lipinski definition) is 0. The van der Waals surface area contributed by atoms with E-state index in [0.29, 0.717) is 18.8 Å². The molecule has 0 bridgehead atoms. The van der Waals surface area contributed by atoms with Crippen LogP contribution in [0.25, 0.3) is 17.1 Å². The summed E-state index contributed by atoms with van der Waals surface area (Å²) >= 11 is 0. The highest BCUT2D eigenvalue weighted by atomic mass is 32.2. The molecule has 148 valence electrons. The molecule has 0 unspecified atom stereocenters. The van der Waals surface area contributed by atoms with Gasteiger partial charge < -0.3 is 4.90 Å². The summed E-state index contributed by atoms with van der Waals surface area (Å²) in [4.78, 5) is 23.2. The largest absolute Gasteiger partial charge is 0.337 e. The number of fused-ring (bicyclic) bond motifs is 1. The Morgan fingerprint density at radius 2 is 1.55 bits per heavy atom. The number of para-hydroxylation sites is 2. The zero-order chi connectivity index (χ0) is 20.3. The zero-order valence-electron chi connectivity index (χ0n) is 15.7. The SMILES string of the molecule is O=C(C=Cc1cnc2ccccc2n1)N1CCN(S(=O)(=O)c2ccccc2)CC1. The summed E-state index contributed by atoms with van der Waals surface area (Å²) in [6.07, 6.45) is 4.71. The Morgan fingerprint density at radius 1 is 0.897 bits per heavy atom. The van der Waals surface area contributed by atoms with Gasteiger partial charge >= 0.3 is 0 Å². The topological polar surface area (TPSA) is 83.5 Å². The number of sulfonamides is 1. The van der Waals surface area contributed by atoms with E-state index in [4.69, 9.17) is 0 Å². The van der Waals surface area contributed by atoms with Crippen molar-refractivity contribution in [3.05, 3.63) is 72.6 Å². The van der Waals surface area contributed by atoms with Gasteiger partial charge in [0.25, 0.3) is 0 Å². The van der Waals surface area contributed by atoms with Crippen LogP contribution in [0, 0.1) is 0 Å².